The number of carbonyl (C=O) groups is 3. The van der Waals surface area contributed by atoms with E-state index in [0.717, 1.165) is 10.5 Å². The molecule has 4 N–H and O–H groups in total. The second-order valence-electron chi connectivity index (χ2n) is 4.21. The molecule has 0 radical (unpaired) electrons. The van der Waals surface area contributed by atoms with Gasteiger partial charge in [-0.25, -0.2) is 4.79 Å². The number of benzene rings is 1. The molecule has 1 saturated heterocycles. The van der Waals surface area contributed by atoms with Crippen LogP contribution in [-0.2, 0) is 9.59 Å². The monoisotopic (exact) mass is 262 g/mol. The van der Waals surface area contributed by atoms with E-state index in [1.807, 2.05) is 0 Å². The van der Waals surface area contributed by atoms with Crippen LogP contribution < -0.4 is 16.4 Å². The standard InChI is InChI=1S/C12H14N4O3/c1-7-8(13)3-2-4-9(7)15-10(17)6-16-11(18)5-14-12(16)19/h2-4H,5-6,13H2,1H3,(H,14,19)(H,15,17). The SMILES string of the molecule is Cc1c(N)cccc1NC(=O)CN1C(=O)CNC1=O. The van der Waals surface area contributed by atoms with Gasteiger partial charge in [0, 0.05) is 11.4 Å². The normalized spacial score (nSPS) is 14.5. The van der Waals surface area contributed by atoms with E-state index in [0.29, 0.717) is 11.4 Å². The Balaban J connectivity index is 2.04. The first-order valence-corrected chi connectivity index (χ1v) is 5.72. The van der Waals surface area contributed by atoms with Gasteiger partial charge in [-0.15, -0.1) is 0 Å². The quantitative estimate of drug-likeness (QED) is 0.529. The number of nitrogens with two attached hydrogens (primary N) is 1. The van der Waals surface area contributed by atoms with E-state index >= 15 is 0 Å². The first-order chi connectivity index (χ1) is 8.99. The number of nitrogen functional groups attached to an aromatic ring is 1. The van der Waals surface area contributed by atoms with Gasteiger partial charge < -0.3 is 16.4 Å². The number of hydrogen-bond acceptors (Lipinski definition) is 4. The van der Waals surface area contributed by atoms with Gasteiger partial charge in [-0.1, -0.05) is 6.07 Å². The number of amides is 4. The molecule has 1 aliphatic rings. The second kappa shape index (κ2) is 4.97. The van der Waals surface area contributed by atoms with Crippen molar-refractivity contribution in [1.29, 1.82) is 0 Å². The second-order valence-corrected chi connectivity index (χ2v) is 4.21. The van der Waals surface area contributed by atoms with Crippen molar-refractivity contribution < 1.29 is 14.4 Å². The Bertz CT molecular complexity index is 540. The zero-order chi connectivity index (χ0) is 14.0. The van der Waals surface area contributed by atoms with E-state index in [1.54, 1.807) is 25.1 Å². The molecule has 0 atom stereocenters. The number of nitrogens with one attached hydrogen (secondary N) is 2. The number of imide groups is 1. The first-order valence-electron chi connectivity index (χ1n) is 5.72. The van der Waals surface area contributed by atoms with Crippen molar-refractivity contribution in [1.82, 2.24) is 10.2 Å². The average molecular weight is 262 g/mol. The molecule has 100 valence electrons. The van der Waals surface area contributed by atoms with Crippen LogP contribution in [-0.4, -0.2) is 35.8 Å². The minimum absolute atomic E-state index is 0.0660. The van der Waals surface area contributed by atoms with E-state index < -0.39 is 17.8 Å². The fourth-order valence-electron chi connectivity index (χ4n) is 1.74. The molecule has 0 saturated carbocycles. The van der Waals surface area contributed by atoms with Crippen LogP contribution in [0.4, 0.5) is 16.2 Å². The molecule has 1 aromatic rings. The third-order valence-electron chi connectivity index (χ3n) is 2.89. The maximum Gasteiger partial charge on any atom is 0.325 e. The van der Waals surface area contributed by atoms with Gasteiger partial charge in [-0.2, -0.15) is 0 Å². The summed E-state index contributed by atoms with van der Waals surface area (Å²) in [4.78, 5) is 35.3. The fraction of sp³-hybridized carbons (Fsp3) is 0.250. The maximum absolute atomic E-state index is 11.8. The smallest absolute Gasteiger partial charge is 0.325 e. The lowest BCUT2D eigenvalue weighted by Crippen LogP contribution is -2.38. The van der Waals surface area contributed by atoms with Gasteiger partial charge in [0.1, 0.15) is 6.54 Å². The number of hydrogen-bond donors (Lipinski definition) is 3. The highest BCUT2D eigenvalue weighted by atomic mass is 16.2. The topological polar surface area (TPSA) is 105 Å². The van der Waals surface area contributed by atoms with Crippen molar-refractivity contribution in [2.75, 3.05) is 24.1 Å². The van der Waals surface area contributed by atoms with Gasteiger partial charge in [0.25, 0.3) is 5.91 Å². The predicted octanol–water partition coefficient (Wildman–Crippen LogP) is 0.0675. The molecule has 7 heteroatoms. The van der Waals surface area contributed by atoms with E-state index in [-0.39, 0.29) is 13.1 Å². The summed E-state index contributed by atoms with van der Waals surface area (Å²) in [5.41, 5.74) is 7.60. The first kappa shape index (κ1) is 12.9. The van der Waals surface area contributed by atoms with Crippen molar-refractivity contribution in [3.63, 3.8) is 0 Å². The van der Waals surface area contributed by atoms with Crippen molar-refractivity contribution in [2.45, 2.75) is 6.92 Å². The lowest BCUT2D eigenvalue weighted by Gasteiger charge is -2.14. The number of urea groups is 1. The Morgan fingerprint density at radius 2 is 2.21 bits per heavy atom. The summed E-state index contributed by atoms with van der Waals surface area (Å²) in [5.74, 6) is -0.858. The molecule has 1 aliphatic heterocycles. The zero-order valence-electron chi connectivity index (χ0n) is 10.4. The molecule has 7 nitrogen and oxygen atoms in total. The zero-order valence-corrected chi connectivity index (χ0v) is 10.4. The molecule has 4 amide bonds. The van der Waals surface area contributed by atoms with Gasteiger partial charge in [0.05, 0.1) is 6.54 Å². The molecular formula is C12H14N4O3. The summed E-state index contributed by atoms with van der Waals surface area (Å²) < 4.78 is 0. The molecule has 0 bridgehead atoms. The Labute approximate surface area is 109 Å². The Morgan fingerprint density at radius 3 is 2.84 bits per heavy atom. The van der Waals surface area contributed by atoms with Crippen LogP contribution >= 0.6 is 0 Å². The Morgan fingerprint density at radius 1 is 1.47 bits per heavy atom. The van der Waals surface area contributed by atoms with E-state index in [9.17, 15) is 14.4 Å². The molecule has 2 rings (SSSR count). The van der Waals surface area contributed by atoms with E-state index in [4.69, 9.17) is 5.73 Å². The van der Waals surface area contributed by atoms with Crippen LogP contribution in [0, 0.1) is 6.92 Å². The van der Waals surface area contributed by atoms with Gasteiger partial charge in [0.2, 0.25) is 5.91 Å². The minimum Gasteiger partial charge on any atom is -0.398 e. The number of anilines is 2. The summed E-state index contributed by atoms with van der Waals surface area (Å²) in [6.07, 6.45) is 0. The molecule has 1 aromatic carbocycles. The van der Waals surface area contributed by atoms with Crippen molar-refractivity contribution in [3.8, 4) is 0 Å². The highest BCUT2D eigenvalue weighted by Crippen LogP contribution is 2.20. The maximum atomic E-state index is 11.8. The van der Waals surface area contributed by atoms with Crippen molar-refractivity contribution in [2.24, 2.45) is 0 Å². The lowest BCUT2D eigenvalue weighted by atomic mass is 10.1. The third kappa shape index (κ3) is 2.65. The molecule has 0 aromatic heterocycles. The Hall–Kier alpha value is -2.57. The molecule has 19 heavy (non-hydrogen) atoms. The van der Waals surface area contributed by atoms with Crippen LogP contribution in [0.1, 0.15) is 5.56 Å². The molecular weight excluding hydrogens is 248 g/mol. The van der Waals surface area contributed by atoms with Gasteiger partial charge in [-0.3, -0.25) is 14.5 Å². The molecule has 0 unspecified atom stereocenters. The highest BCUT2D eigenvalue weighted by Gasteiger charge is 2.30. The lowest BCUT2D eigenvalue weighted by molar-refractivity contribution is -0.128. The molecule has 1 heterocycles. The van der Waals surface area contributed by atoms with Gasteiger partial charge in [0.15, 0.2) is 0 Å². The van der Waals surface area contributed by atoms with Crippen molar-refractivity contribution in [3.05, 3.63) is 23.8 Å². The van der Waals surface area contributed by atoms with Crippen molar-refractivity contribution >= 4 is 29.2 Å². The average Bonchev–Trinajstić information content (AvgIpc) is 2.67. The number of rotatable bonds is 3. The van der Waals surface area contributed by atoms with Gasteiger partial charge >= 0.3 is 6.03 Å². The summed E-state index contributed by atoms with van der Waals surface area (Å²) in [7, 11) is 0. The van der Waals surface area contributed by atoms with Gasteiger partial charge in [-0.05, 0) is 24.6 Å². The molecule has 0 spiro atoms. The number of nitrogens with zero attached hydrogens (tertiary/aromatic N) is 1. The van der Waals surface area contributed by atoms with Crippen LogP contribution in [0.25, 0.3) is 0 Å². The summed E-state index contributed by atoms with van der Waals surface area (Å²) in [6.45, 7) is 1.40. The molecule has 1 fully saturated rings. The predicted molar refractivity (Wildman–Crippen MR) is 69.3 cm³/mol. The third-order valence-corrected chi connectivity index (χ3v) is 2.89. The van der Waals surface area contributed by atoms with Crippen LogP contribution in [0.2, 0.25) is 0 Å². The summed E-state index contributed by atoms with van der Waals surface area (Å²) in [6, 6.07) is 4.59. The molecule has 0 aliphatic carbocycles. The van der Waals surface area contributed by atoms with Crippen LogP contribution in [0.3, 0.4) is 0 Å². The highest BCUT2D eigenvalue weighted by molar-refractivity contribution is 6.06. The van der Waals surface area contributed by atoms with E-state index in [2.05, 4.69) is 10.6 Å². The number of carbonyl (C=O) groups excluding carboxylic acids is 3. The Kier molecular flexibility index (Phi) is 3.37. The fourth-order valence-corrected chi connectivity index (χ4v) is 1.74. The largest absolute Gasteiger partial charge is 0.398 e. The summed E-state index contributed by atoms with van der Waals surface area (Å²) >= 11 is 0. The van der Waals surface area contributed by atoms with E-state index in [1.165, 1.54) is 0 Å². The summed E-state index contributed by atoms with van der Waals surface area (Å²) in [5, 5.41) is 4.97. The van der Waals surface area contributed by atoms with Crippen LogP contribution in [0.15, 0.2) is 18.2 Å². The van der Waals surface area contributed by atoms with Crippen LogP contribution in [0.5, 0.6) is 0 Å². The minimum atomic E-state index is -0.551.